The molecule has 21 heavy (non-hydrogen) atoms. The number of carbonyl (C=O) groups is 3. The summed E-state index contributed by atoms with van der Waals surface area (Å²) in [5, 5.41) is 9.71. The predicted molar refractivity (Wildman–Crippen MR) is 78.5 cm³/mol. The summed E-state index contributed by atoms with van der Waals surface area (Å²) in [6, 6.07) is 6.35. The SMILES string of the molecule is O=C(CC(=O)C1CCCCC1C(=O)O)c1ccc(Cl)cc1. The molecule has 1 aromatic rings. The molecule has 1 aliphatic carbocycles. The van der Waals surface area contributed by atoms with Gasteiger partial charge >= 0.3 is 5.97 Å². The lowest BCUT2D eigenvalue weighted by Crippen LogP contribution is -2.33. The first-order valence-electron chi connectivity index (χ1n) is 7.03. The van der Waals surface area contributed by atoms with Gasteiger partial charge in [-0.1, -0.05) is 24.4 Å². The fourth-order valence-electron chi connectivity index (χ4n) is 2.84. The second-order valence-electron chi connectivity index (χ2n) is 5.41. The highest BCUT2D eigenvalue weighted by molar-refractivity contribution is 6.30. The molecule has 0 aliphatic heterocycles. The normalized spacial score (nSPS) is 21.8. The van der Waals surface area contributed by atoms with Crippen LogP contribution in [0, 0.1) is 11.8 Å². The molecule has 1 saturated carbocycles. The third-order valence-electron chi connectivity index (χ3n) is 4.00. The van der Waals surface area contributed by atoms with Gasteiger partial charge in [0.05, 0.1) is 12.3 Å². The third kappa shape index (κ3) is 3.91. The molecule has 0 radical (unpaired) electrons. The summed E-state index contributed by atoms with van der Waals surface area (Å²) in [6.45, 7) is 0. The van der Waals surface area contributed by atoms with Gasteiger partial charge in [0, 0.05) is 16.5 Å². The number of hydrogen-bond acceptors (Lipinski definition) is 3. The molecule has 0 amide bonds. The first kappa shape index (κ1) is 15.7. The van der Waals surface area contributed by atoms with Crippen molar-refractivity contribution in [1.82, 2.24) is 0 Å². The molecule has 1 N–H and O–H groups in total. The van der Waals surface area contributed by atoms with E-state index in [0.717, 1.165) is 12.8 Å². The zero-order valence-electron chi connectivity index (χ0n) is 11.5. The number of carbonyl (C=O) groups excluding carboxylic acids is 2. The topological polar surface area (TPSA) is 71.4 Å². The second kappa shape index (κ2) is 6.85. The highest BCUT2D eigenvalue weighted by Crippen LogP contribution is 2.32. The fourth-order valence-corrected chi connectivity index (χ4v) is 2.97. The van der Waals surface area contributed by atoms with E-state index >= 15 is 0 Å². The van der Waals surface area contributed by atoms with Crippen LogP contribution >= 0.6 is 11.6 Å². The Morgan fingerprint density at radius 1 is 1.05 bits per heavy atom. The minimum absolute atomic E-state index is 0.240. The molecule has 112 valence electrons. The van der Waals surface area contributed by atoms with Crippen LogP contribution in [-0.4, -0.2) is 22.6 Å². The molecule has 4 nitrogen and oxygen atoms in total. The standard InChI is InChI=1S/C16H17ClO4/c17-11-7-5-10(6-8-11)14(18)9-15(19)12-3-1-2-4-13(12)16(20)21/h5-8,12-13H,1-4,9H2,(H,20,21). The first-order chi connectivity index (χ1) is 9.99. The summed E-state index contributed by atoms with van der Waals surface area (Å²) in [4.78, 5) is 35.5. The predicted octanol–water partition coefficient (Wildman–Crippen LogP) is 3.37. The zero-order chi connectivity index (χ0) is 15.4. The minimum Gasteiger partial charge on any atom is -0.481 e. The van der Waals surface area contributed by atoms with Gasteiger partial charge in [0.25, 0.3) is 0 Å². The van der Waals surface area contributed by atoms with Gasteiger partial charge in [0.1, 0.15) is 5.78 Å². The van der Waals surface area contributed by atoms with Crippen LogP contribution in [0.5, 0.6) is 0 Å². The molecule has 1 aliphatic rings. The van der Waals surface area contributed by atoms with Crippen molar-refractivity contribution in [2.75, 3.05) is 0 Å². The highest BCUT2D eigenvalue weighted by atomic mass is 35.5. The van der Waals surface area contributed by atoms with Gasteiger partial charge in [-0.2, -0.15) is 0 Å². The van der Waals surface area contributed by atoms with Crippen LogP contribution in [0.3, 0.4) is 0 Å². The van der Waals surface area contributed by atoms with E-state index in [9.17, 15) is 19.5 Å². The summed E-state index contributed by atoms with van der Waals surface area (Å²) in [5.74, 6) is -2.67. The van der Waals surface area contributed by atoms with E-state index in [0.29, 0.717) is 23.4 Å². The van der Waals surface area contributed by atoms with Crippen LogP contribution in [0.25, 0.3) is 0 Å². The molecule has 1 aromatic carbocycles. The van der Waals surface area contributed by atoms with Crippen LogP contribution < -0.4 is 0 Å². The Morgan fingerprint density at radius 2 is 1.62 bits per heavy atom. The lowest BCUT2D eigenvalue weighted by molar-refractivity contribution is -0.148. The average Bonchev–Trinajstić information content (AvgIpc) is 2.47. The maximum Gasteiger partial charge on any atom is 0.307 e. The fraction of sp³-hybridized carbons (Fsp3) is 0.438. The van der Waals surface area contributed by atoms with Crippen LogP contribution in [0.1, 0.15) is 42.5 Å². The second-order valence-corrected chi connectivity index (χ2v) is 5.85. The number of ketones is 2. The molecule has 0 spiro atoms. The van der Waals surface area contributed by atoms with Crippen molar-refractivity contribution in [2.24, 2.45) is 11.8 Å². The Kier molecular flexibility index (Phi) is 5.12. The first-order valence-corrected chi connectivity index (χ1v) is 7.41. The van der Waals surface area contributed by atoms with Gasteiger partial charge in [-0.25, -0.2) is 0 Å². The van der Waals surface area contributed by atoms with Crippen molar-refractivity contribution in [1.29, 1.82) is 0 Å². The smallest absolute Gasteiger partial charge is 0.307 e. The van der Waals surface area contributed by atoms with E-state index in [4.69, 9.17) is 11.6 Å². The van der Waals surface area contributed by atoms with Crippen molar-refractivity contribution >= 4 is 29.1 Å². The van der Waals surface area contributed by atoms with E-state index in [1.807, 2.05) is 0 Å². The molecule has 0 aromatic heterocycles. The zero-order valence-corrected chi connectivity index (χ0v) is 12.3. The Hall–Kier alpha value is -1.68. The van der Waals surface area contributed by atoms with E-state index < -0.39 is 17.8 Å². The van der Waals surface area contributed by atoms with Gasteiger partial charge < -0.3 is 5.11 Å². The van der Waals surface area contributed by atoms with Crippen LogP contribution in [-0.2, 0) is 9.59 Å². The van der Waals surface area contributed by atoms with Crippen molar-refractivity contribution in [2.45, 2.75) is 32.1 Å². The van der Waals surface area contributed by atoms with E-state index in [2.05, 4.69) is 0 Å². The Labute approximate surface area is 128 Å². The van der Waals surface area contributed by atoms with Crippen molar-refractivity contribution in [3.8, 4) is 0 Å². The maximum absolute atomic E-state index is 12.3. The molecule has 0 bridgehead atoms. The number of aliphatic carboxylic acids is 1. The molecule has 2 atom stereocenters. The highest BCUT2D eigenvalue weighted by Gasteiger charge is 2.36. The van der Waals surface area contributed by atoms with Crippen LogP contribution in [0.4, 0.5) is 0 Å². The average molecular weight is 309 g/mol. The van der Waals surface area contributed by atoms with Crippen LogP contribution in [0.2, 0.25) is 5.02 Å². The molecular weight excluding hydrogens is 292 g/mol. The van der Waals surface area contributed by atoms with Crippen molar-refractivity contribution < 1.29 is 19.5 Å². The summed E-state index contributed by atoms with van der Waals surface area (Å²) >= 11 is 5.75. The Balaban J connectivity index is 2.04. The van der Waals surface area contributed by atoms with Gasteiger partial charge in [-0.15, -0.1) is 0 Å². The summed E-state index contributed by atoms with van der Waals surface area (Å²) in [7, 11) is 0. The Bertz CT molecular complexity index is 550. The number of carboxylic acids is 1. The molecule has 5 heteroatoms. The van der Waals surface area contributed by atoms with E-state index in [1.165, 1.54) is 0 Å². The van der Waals surface area contributed by atoms with Gasteiger partial charge in [0.2, 0.25) is 0 Å². The monoisotopic (exact) mass is 308 g/mol. The van der Waals surface area contributed by atoms with Crippen molar-refractivity contribution in [3.63, 3.8) is 0 Å². The maximum atomic E-state index is 12.3. The van der Waals surface area contributed by atoms with E-state index in [-0.39, 0.29) is 18.0 Å². The minimum atomic E-state index is -0.938. The molecule has 0 heterocycles. The molecule has 0 saturated heterocycles. The molecule has 1 fully saturated rings. The molecule has 2 rings (SSSR count). The van der Waals surface area contributed by atoms with E-state index in [1.54, 1.807) is 24.3 Å². The van der Waals surface area contributed by atoms with Crippen LogP contribution in [0.15, 0.2) is 24.3 Å². The molecule has 2 unspecified atom stereocenters. The molecular formula is C16H17ClO4. The number of halogens is 1. The number of carboxylic acid groups (broad SMARTS) is 1. The summed E-state index contributed by atoms with van der Waals surface area (Å²) in [5.41, 5.74) is 0.426. The quantitative estimate of drug-likeness (QED) is 0.668. The number of rotatable bonds is 5. The lowest BCUT2D eigenvalue weighted by Gasteiger charge is -2.27. The van der Waals surface area contributed by atoms with Crippen molar-refractivity contribution in [3.05, 3.63) is 34.9 Å². The van der Waals surface area contributed by atoms with Gasteiger partial charge in [-0.3, -0.25) is 14.4 Å². The van der Waals surface area contributed by atoms with Gasteiger partial charge in [-0.05, 0) is 37.1 Å². The van der Waals surface area contributed by atoms with Gasteiger partial charge in [0.15, 0.2) is 5.78 Å². The number of hydrogen-bond donors (Lipinski definition) is 1. The Morgan fingerprint density at radius 3 is 2.19 bits per heavy atom. The summed E-state index contributed by atoms with van der Waals surface area (Å²) < 4.78 is 0. The summed E-state index contributed by atoms with van der Waals surface area (Å²) in [6.07, 6.45) is 2.50. The number of Topliss-reactive ketones (excluding diaryl/α,β-unsaturated/α-hetero) is 2. The number of benzene rings is 1. The largest absolute Gasteiger partial charge is 0.481 e. The lowest BCUT2D eigenvalue weighted by atomic mass is 9.76. The third-order valence-corrected chi connectivity index (χ3v) is 4.25.